The van der Waals surface area contributed by atoms with E-state index < -0.39 is 10.0 Å². The fourth-order valence-electron chi connectivity index (χ4n) is 2.30. The molecule has 0 bridgehead atoms. The molecule has 0 fully saturated rings. The van der Waals surface area contributed by atoms with E-state index in [9.17, 15) is 13.2 Å². The first-order chi connectivity index (χ1) is 11.6. The number of amides is 1. The van der Waals surface area contributed by atoms with Gasteiger partial charge in [0.05, 0.1) is 23.7 Å². The van der Waals surface area contributed by atoms with E-state index in [1.54, 1.807) is 24.4 Å². The summed E-state index contributed by atoms with van der Waals surface area (Å²) in [6, 6.07) is 12.1. The summed E-state index contributed by atoms with van der Waals surface area (Å²) in [6.45, 7) is 0.548. The second-order valence-corrected chi connectivity index (χ2v) is 6.83. The summed E-state index contributed by atoms with van der Waals surface area (Å²) < 4.78 is 26.3. The Morgan fingerprint density at radius 1 is 1.17 bits per heavy atom. The number of fused-ring (bicyclic) bond motifs is 1. The van der Waals surface area contributed by atoms with Crippen molar-refractivity contribution in [1.82, 2.24) is 15.0 Å². The third-order valence-corrected chi connectivity index (χ3v) is 4.86. The summed E-state index contributed by atoms with van der Waals surface area (Å²) in [6.07, 6.45) is 1.83. The molecule has 24 heavy (non-hydrogen) atoms. The van der Waals surface area contributed by atoms with Crippen molar-refractivity contribution in [3.63, 3.8) is 0 Å². The Balaban J connectivity index is 1.56. The molecule has 2 N–H and O–H groups in total. The van der Waals surface area contributed by atoms with Gasteiger partial charge in [-0.15, -0.1) is 0 Å². The number of carbonyl (C=O) groups excluding carboxylic acids is 1. The molecule has 2 heterocycles. The molecule has 1 aliphatic rings. The van der Waals surface area contributed by atoms with Gasteiger partial charge in [-0.2, -0.15) is 0 Å². The van der Waals surface area contributed by atoms with Crippen molar-refractivity contribution in [3.05, 3.63) is 59.9 Å². The topological polar surface area (TPSA) is 101 Å². The molecule has 1 aliphatic heterocycles. The van der Waals surface area contributed by atoms with E-state index in [1.165, 1.54) is 6.07 Å². The molecule has 124 valence electrons. The molecule has 0 atom stereocenters. The van der Waals surface area contributed by atoms with Crippen molar-refractivity contribution in [1.29, 1.82) is 0 Å². The molecule has 0 saturated carbocycles. The molecule has 0 radical (unpaired) electrons. The van der Waals surface area contributed by atoms with E-state index in [4.69, 9.17) is 0 Å². The maximum absolute atomic E-state index is 11.9. The Labute approximate surface area is 139 Å². The largest absolute Gasteiger partial charge is 0.350 e. The molecule has 0 aliphatic carbocycles. The number of benzene rings is 1. The number of hydrogen-bond acceptors (Lipinski definition) is 5. The van der Waals surface area contributed by atoms with Gasteiger partial charge in [0.1, 0.15) is 5.84 Å². The van der Waals surface area contributed by atoms with Crippen LogP contribution in [0.3, 0.4) is 0 Å². The number of hydrogen-bond donors (Lipinski definition) is 2. The highest BCUT2D eigenvalue weighted by Gasteiger charge is 2.29. The minimum Gasteiger partial charge on any atom is -0.350 e. The zero-order chi connectivity index (χ0) is 17.0. The van der Waals surface area contributed by atoms with E-state index in [2.05, 4.69) is 20.0 Å². The lowest BCUT2D eigenvalue weighted by Crippen LogP contribution is -2.25. The number of carbonyl (C=O) groups is 1. The number of sulfonamides is 1. The summed E-state index contributed by atoms with van der Waals surface area (Å²) in [5, 5.41) is 2.75. The van der Waals surface area contributed by atoms with Gasteiger partial charge >= 0.3 is 0 Å². The number of rotatable bonds is 5. The van der Waals surface area contributed by atoms with Crippen LogP contribution in [0.4, 0.5) is 0 Å². The SMILES string of the molecule is O=C(CCN=C1NS(=O)(=O)c2ccccc21)NCc1ccccn1. The minimum atomic E-state index is -3.54. The second kappa shape index (κ2) is 6.79. The van der Waals surface area contributed by atoms with Crippen LogP contribution in [0.2, 0.25) is 0 Å². The number of aromatic nitrogens is 1. The van der Waals surface area contributed by atoms with Crippen molar-refractivity contribution >= 4 is 21.8 Å². The quantitative estimate of drug-likeness (QED) is 0.839. The predicted molar refractivity (Wildman–Crippen MR) is 88.9 cm³/mol. The van der Waals surface area contributed by atoms with Crippen LogP contribution in [-0.4, -0.2) is 31.7 Å². The van der Waals surface area contributed by atoms with Crippen LogP contribution in [0, 0.1) is 0 Å². The lowest BCUT2D eigenvalue weighted by Gasteiger charge is -2.04. The van der Waals surface area contributed by atoms with Crippen LogP contribution in [0.15, 0.2) is 58.5 Å². The molecule has 2 aromatic rings. The zero-order valence-electron chi connectivity index (χ0n) is 12.8. The van der Waals surface area contributed by atoms with Crippen LogP contribution in [-0.2, 0) is 21.4 Å². The van der Waals surface area contributed by atoms with E-state index in [0.717, 1.165) is 5.69 Å². The third kappa shape index (κ3) is 3.60. The highest BCUT2D eigenvalue weighted by Crippen LogP contribution is 2.22. The van der Waals surface area contributed by atoms with Gasteiger partial charge < -0.3 is 5.32 Å². The summed E-state index contributed by atoms with van der Waals surface area (Å²) in [4.78, 5) is 20.3. The van der Waals surface area contributed by atoms with Gasteiger partial charge in [-0.1, -0.05) is 18.2 Å². The fraction of sp³-hybridized carbons (Fsp3) is 0.188. The Morgan fingerprint density at radius 3 is 2.75 bits per heavy atom. The first-order valence-corrected chi connectivity index (χ1v) is 8.88. The third-order valence-electron chi connectivity index (χ3n) is 3.46. The first kappa shape index (κ1) is 16.1. The van der Waals surface area contributed by atoms with Gasteiger partial charge in [-0.05, 0) is 24.3 Å². The summed E-state index contributed by atoms with van der Waals surface area (Å²) >= 11 is 0. The van der Waals surface area contributed by atoms with Crippen molar-refractivity contribution in [3.8, 4) is 0 Å². The Hall–Kier alpha value is -2.74. The van der Waals surface area contributed by atoms with E-state index in [-0.39, 0.29) is 29.6 Å². The average molecular weight is 344 g/mol. The van der Waals surface area contributed by atoms with Gasteiger partial charge in [0.15, 0.2) is 0 Å². The molecular formula is C16H16N4O3S. The van der Waals surface area contributed by atoms with Crippen LogP contribution in [0.5, 0.6) is 0 Å². The van der Waals surface area contributed by atoms with E-state index in [0.29, 0.717) is 12.1 Å². The smallest absolute Gasteiger partial charge is 0.263 e. The van der Waals surface area contributed by atoms with Crippen LogP contribution >= 0.6 is 0 Å². The molecule has 7 nitrogen and oxygen atoms in total. The molecule has 8 heteroatoms. The predicted octanol–water partition coefficient (Wildman–Crippen LogP) is 0.827. The maximum atomic E-state index is 11.9. The van der Waals surface area contributed by atoms with Crippen molar-refractivity contribution in [2.75, 3.05) is 6.54 Å². The highest BCUT2D eigenvalue weighted by molar-refractivity contribution is 7.90. The van der Waals surface area contributed by atoms with Crippen molar-refractivity contribution in [2.24, 2.45) is 4.99 Å². The van der Waals surface area contributed by atoms with Gasteiger partial charge in [0, 0.05) is 18.2 Å². The lowest BCUT2D eigenvalue weighted by molar-refractivity contribution is -0.121. The molecular weight excluding hydrogens is 328 g/mol. The Morgan fingerprint density at radius 2 is 1.96 bits per heavy atom. The van der Waals surface area contributed by atoms with Crippen LogP contribution < -0.4 is 10.0 Å². The molecule has 1 aromatic heterocycles. The van der Waals surface area contributed by atoms with Gasteiger partial charge in [-0.3, -0.25) is 19.5 Å². The lowest BCUT2D eigenvalue weighted by atomic mass is 10.2. The van der Waals surface area contributed by atoms with E-state index >= 15 is 0 Å². The average Bonchev–Trinajstić information content (AvgIpc) is 2.85. The Bertz CT molecular complexity index is 879. The number of amidine groups is 1. The summed E-state index contributed by atoms with van der Waals surface area (Å²) in [7, 11) is -3.54. The van der Waals surface area contributed by atoms with Gasteiger partial charge in [0.25, 0.3) is 10.0 Å². The molecule has 3 rings (SSSR count). The number of nitrogens with zero attached hydrogens (tertiary/aromatic N) is 2. The first-order valence-electron chi connectivity index (χ1n) is 7.39. The minimum absolute atomic E-state index is 0.167. The maximum Gasteiger partial charge on any atom is 0.263 e. The van der Waals surface area contributed by atoms with Crippen LogP contribution in [0.25, 0.3) is 0 Å². The van der Waals surface area contributed by atoms with Gasteiger partial charge in [-0.25, -0.2) is 8.42 Å². The number of pyridine rings is 1. The van der Waals surface area contributed by atoms with Crippen LogP contribution in [0.1, 0.15) is 17.7 Å². The summed E-state index contributed by atoms with van der Waals surface area (Å²) in [5.74, 6) is 0.113. The van der Waals surface area contributed by atoms with Gasteiger partial charge in [0.2, 0.25) is 5.91 Å². The zero-order valence-corrected chi connectivity index (χ0v) is 13.6. The van der Waals surface area contributed by atoms with Crippen molar-refractivity contribution in [2.45, 2.75) is 17.9 Å². The van der Waals surface area contributed by atoms with Crippen molar-refractivity contribution < 1.29 is 13.2 Å². The molecule has 0 saturated heterocycles. The molecule has 1 amide bonds. The number of aliphatic imine (C=N–C) groups is 1. The normalized spacial score (nSPS) is 16.4. The number of nitrogens with one attached hydrogen (secondary N) is 2. The monoisotopic (exact) mass is 344 g/mol. The highest BCUT2D eigenvalue weighted by atomic mass is 32.2. The standard InChI is InChI=1S/C16H16N4O3S/c21-15(19-11-12-5-3-4-9-17-12)8-10-18-16-13-6-1-2-7-14(13)24(22,23)20-16/h1-7,9H,8,10-11H2,(H,18,20)(H,19,21). The fourth-order valence-corrected chi connectivity index (χ4v) is 3.55. The second-order valence-electron chi connectivity index (χ2n) is 5.18. The molecule has 0 unspecified atom stereocenters. The molecule has 0 spiro atoms. The Kier molecular flexibility index (Phi) is 4.57. The van der Waals surface area contributed by atoms with E-state index in [1.807, 2.05) is 18.2 Å². The summed E-state index contributed by atoms with van der Waals surface area (Å²) in [5.41, 5.74) is 1.31. The molecule has 1 aromatic carbocycles.